The molecule has 0 unspecified atom stereocenters. The summed E-state index contributed by atoms with van der Waals surface area (Å²) in [5, 5.41) is 12.2. The Morgan fingerprint density at radius 2 is 1.79 bits per heavy atom. The van der Waals surface area contributed by atoms with Crippen LogP contribution < -0.4 is 10.2 Å². The lowest BCUT2D eigenvalue weighted by atomic mass is 10.0. The molecule has 0 aromatic heterocycles. The number of carboxylic acids is 1. The average molecular weight is 381 g/mol. The first kappa shape index (κ1) is 19.9. The number of carboxylic acid groups (broad SMARTS) is 1. The number of rotatable bonds is 5. The lowest BCUT2D eigenvalue weighted by Gasteiger charge is -2.34. The highest BCUT2D eigenvalue weighted by Gasteiger charge is 2.18. The molecule has 1 fully saturated rings. The summed E-state index contributed by atoms with van der Waals surface area (Å²) in [7, 11) is 2.12. The Kier molecular flexibility index (Phi) is 5.99. The monoisotopic (exact) mass is 381 g/mol. The van der Waals surface area contributed by atoms with Crippen LogP contribution in [-0.4, -0.2) is 55.1 Å². The number of nitrogens with zero attached hydrogens (tertiary/aromatic N) is 2. The Balaban J connectivity index is 1.75. The first-order valence-corrected chi connectivity index (χ1v) is 9.53. The second-order valence-corrected chi connectivity index (χ2v) is 7.42. The fourth-order valence-electron chi connectivity index (χ4n) is 3.41. The molecule has 28 heavy (non-hydrogen) atoms. The summed E-state index contributed by atoms with van der Waals surface area (Å²) in [5.41, 5.74) is 3.61. The van der Waals surface area contributed by atoms with Gasteiger partial charge in [0.25, 0.3) is 5.91 Å². The second kappa shape index (κ2) is 8.44. The molecule has 2 N–H and O–H groups in total. The van der Waals surface area contributed by atoms with Crippen LogP contribution in [0.1, 0.15) is 44.8 Å². The van der Waals surface area contributed by atoms with E-state index in [2.05, 4.69) is 28.2 Å². The normalized spacial score (nSPS) is 15.9. The maximum atomic E-state index is 12.9. The third-order valence-electron chi connectivity index (χ3n) is 5.32. The highest BCUT2D eigenvalue weighted by molar-refractivity contribution is 5.97. The van der Waals surface area contributed by atoms with Crippen molar-refractivity contribution >= 4 is 17.6 Å². The number of likely N-dealkylation sites (N-methyl/N-ethyl adjacent to an activating group) is 1. The molecule has 1 aliphatic heterocycles. The Hall–Kier alpha value is -2.86. The topological polar surface area (TPSA) is 72.9 Å². The van der Waals surface area contributed by atoms with Crippen LogP contribution in [0.25, 0.3) is 0 Å². The standard InChI is InChI=1S/C22H27N3O3/c1-15-7-8-19(25-11-9-24(3)10-12-25)14-20(15)21(26)23-16(2)17-5-4-6-18(13-17)22(27)28/h4-8,13-14,16H,9-12H2,1-3H3,(H,23,26)(H,27,28)/t16-/m1/s1. The molecular formula is C22H27N3O3. The Morgan fingerprint density at radius 1 is 1.07 bits per heavy atom. The molecule has 0 radical (unpaired) electrons. The van der Waals surface area contributed by atoms with Gasteiger partial charge in [-0.05, 0) is 56.3 Å². The van der Waals surface area contributed by atoms with Gasteiger partial charge in [-0.15, -0.1) is 0 Å². The van der Waals surface area contributed by atoms with Crippen molar-refractivity contribution in [1.29, 1.82) is 0 Å². The quantitative estimate of drug-likeness (QED) is 0.833. The van der Waals surface area contributed by atoms with Crippen molar-refractivity contribution in [3.05, 3.63) is 64.7 Å². The summed E-state index contributed by atoms with van der Waals surface area (Å²) < 4.78 is 0. The molecule has 148 valence electrons. The molecule has 6 nitrogen and oxygen atoms in total. The minimum Gasteiger partial charge on any atom is -0.478 e. The maximum Gasteiger partial charge on any atom is 0.335 e. The summed E-state index contributed by atoms with van der Waals surface area (Å²) in [6.45, 7) is 7.69. The van der Waals surface area contributed by atoms with Crippen molar-refractivity contribution in [2.45, 2.75) is 19.9 Å². The molecule has 0 aliphatic carbocycles. The van der Waals surface area contributed by atoms with Gasteiger partial charge in [-0.3, -0.25) is 4.79 Å². The van der Waals surface area contributed by atoms with Gasteiger partial charge in [0.15, 0.2) is 0 Å². The Morgan fingerprint density at radius 3 is 2.46 bits per heavy atom. The van der Waals surface area contributed by atoms with E-state index in [1.54, 1.807) is 18.2 Å². The molecular weight excluding hydrogens is 354 g/mol. The molecule has 0 bridgehead atoms. The molecule has 1 aliphatic rings. The predicted octanol–water partition coefficient (Wildman–Crippen LogP) is 2.94. The van der Waals surface area contributed by atoms with E-state index >= 15 is 0 Å². The third kappa shape index (κ3) is 4.51. The van der Waals surface area contributed by atoms with Crippen molar-refractivity contribution in [3.8, 4) is 0 Å². The van der Waals surface area contributed by atoms with Gasteiger partial charge >= 0.3 is 5.97 Å². The summed E-state index contributed by atoms with van der Waals surface area (Å²) in [6.07, 6.45) is 0. The minimum absolute atomic E-state index is 0.151. The molecule has 1 saturated heterocycles. The van der Waals surface area contributed by atoms with E-state index in [1.807, 2.05) is 32.0 Å². The fraction of sp³-hybridized carbons (Fsp3) is 0.364. The number of aromatic carboxylic acids is 1. The van der Waals surface area contributed by atoms with Crippen LogP contribution in [-0.2, 0) is 0 Å². The number of hydrogen-bond donors (Lipinski definition) is 2. The maximum absolute atomic E-state index is 12.9. The van der Waals surface area contributed by atoms with Gasteiger partial charge in [0, 0.05) is 37.4 Å². The lowest BCUT2D eigenvalue weighted by molar-refractivity contribution is 0.0696. The number of benzene rings is 2. The predicted molar refractivity (Wildman–Crippen MR) is 110 cm³/mol. The minimum atomic E-state index is -0.976. The van der Waals surface area contributed by atoms with E-state index in [-0.39, 0.29) is 17.5 Å². The average Bonchev–Trinajstić information content (AvgIpc) is 2.69. The summed E-state index contributed by atoms with van der Waals surface area (Å²) in [5.74, 6) is -1.13. The zero-order valence-corrected chi connectivity index (χ0v) is 16.6. The highest BCUT2D eigenvalue weighted by Crippen LogP contribution is 2.22. The van der Waals surface area contributed by atoms with Gasteiger partial charge < -0.3 is 20.2 Å². The molecule has 3 rings (SSSR count). The molecule has 0 spiro atoms. The number of nitrogens with one attached hydrogen (secondary N) is 1. The van der Waals surface area contributed by atoms with E-state index in [9.17, 15) is 9.59 Å². The summed E-state index contributed by atoms with van der Waals surface area (Å²) in [4.78, 5) is 28.7. The molecule has 1 amide bonds. The van der Waals surface area contributed by atoms with Gasteiger partial charge in [0.1, 0.15) is 0 Å². The van der Waals surface area contributed by atoms with E-state index in [0.717, 1.165) is 43.0 Å². The summed E-state index contributed by atoms with van der Waals surface area (Å²) >= 11 is 0. The van der Waals surface area contributed by atoms with Crippen LogP contribution in [0, 0.1) is 6.92 Å². The molecule has 0 saturated carbocycles. The second-order valence-electron chi connectivity index (χ2n) is 7.42. The van der Waals surface area contributed by atoms with E-state index in [0.29, 0.717) is 5.56 Å². The van der Waals surface area contributed by atoms with E-state index in [1.165, 1.54) is 0 Å². The van der Waals surface area contributed by atoms with Crippen LogP contribution >= 0.6 is 0 Å². The number of anilines is 1. The van der Waals surface area contributed by atoms with Crippen molar-refractivity contribution in [1.82, 2.24) is 10.2 Å². The van der Waals surface area contributed by atoms with Gasteiger partial charge in [-0.2, -0.15) is 0 Å². The first-order chi connectivity index (χ1) is 13.3. The van der Waals surface area contributed by atoms with Crippen LogP contribution in [0.5, 0.6) is 0 Å². The first-order valence-electron chi connectivity index (χ1n) is 9.53. The smallest absolute Gasteiger partial charge is 0.335 e. The van der Waals surface area contributed by atoms with Crippen molar-refractivity contribution in [3.63, 3.8) is 0 Å². The van der Waals surface area contributed by atoms with Crippen LogP contribution in [0.2, 0.25) is 0 Å². The SMILES string of the molecule is Cc1ccc(N2CCN(C)CC2)cc1C(=O)N[C@H](C)c1cccc(C(=O)O)c1. The molecule has 1 heterocycles. The molecule has 1 atom stereocenters. The molecule has 6 heteroatoms. The van der Waals surface area contributed by atoms with E-state index in [4.69, 9.17) is 5.11 Å². The van der Waals surface area contributed by atoms with Gasteiger partial charge in [0.2, 0.25) is 0 Å². The van der Waals surface area contributed by atoms with Crippen LogP contribution in [0.3, 0.4) is 0 Å². The number of piperazine rings is 1. The van der Waals surface area contributed by atoms with E-state index < -0.39 is 5.97 Å². The van der Waals surface area contributed by atoms with Crippen molar-refractivity contribution < 1.29 is 14.7 Å². The van der Waals surface area contributed by atoms with Crippen molar-refractivity contribution in [2.24, 2.45) is 0 Å². The zero-order valence-electron chi connectivity index (χ0n) is 16.6. The van der Waals surface area contributed by atoms with Gasteiger partial charge in [0.05, 0.1) is 11.6 Å². The Bertz CT molecular complexity index is 873. The number of carbonyl (C=O) groups is 2. The van der Waals surface area contributed by atoms with Crippen LogP contribution in [0.4, 0.5) is 5.69 Å². The number of carbonyl (C=O) groups excluding carboxylic acids is 1. The molecule has 2 aromatic rings. The number of aryl methyl sites for hydroxylation is 1. The summed E-state index contributed by atoms with van der Waals surface area (Å²) in [6, 6.07) is 12.4. The van der Waals surface area contributed by atoms with Gasteiger partial charge in [-0.1, -0.05) is 18.2 Å². The van der Waals surface area contributed by atoms with Crippen molar-refractivity contribution in [2.75, 3.05) is 38.1 Å². The zero-order chi connectivity index (χ0) is 20.3. The van der Waals surface area contributed by atoms with Crippen LogP contribution in [0.15, 0.2) is 42.5 Å². The highest BCUT2D eigenvalue weighted by atomic mass is 16.4. The fourth-order valence-corrected chi connectivity index (χ4v) is 3.41. The number of amides is 1. The largest absolute Gasteiger partial charge is 0.478 e. The Labute approximate surface area is 165 Å². The lowest BCUT2D eigenvalue weighted by Crippen LogP contribution is -2.44. The molecule has 2 aromatic carbocycles. The van der Waals surface area contributed by atoms with Gasteiger partial charge in [-0.25, -0.2) is 4.79 Å². The number of hydrogen-bond acceptors (Lipinski definition) is 4. The third-order valence-corrected chi connectivity index (χ3v) is 5.32.